The van der Waals surface area contributed by atoms with Crippen LogP contribution in [-0.2, 0) is 0 Å². The molecule has 1 N–H and O–H groups in total. The topological polar surface area (TPSA) is 20.2 Å². The van der Waals surface area contributed by atoms with Gasteiger partial charge >= 0.3 is 0 Å². The van der Waals surface area contributed by atoms with E-state index >= 15 is 0 Å². The molecular formula is C13H16F2O. The summed E-state index contributed by atoms with van der Waals surface area (Å²) < 4.78 is 25.8. The van der Waals surface area contributed by atoms with Crippen molar-refractivity contribution in [2.24, 2.45) is 0 Å². The number of rotatable bonds is 4. The van der Waals surface area contributed by atoms with Crippen LogP contribution in [0.3, 0.4) is 0 Å². The first kappa shape index (κ1) is 12.8. The van der Waals surface area contributed by atoms with Crippen molar-refractivity contribution >= 4 is 6.08 Å². The van der Waals surface area contributed by atoms with Crippen LogP contribution in [0.25, 0.3) is 6.08 Å². The molecule has 0 heterocycles. The first-order valence-corrected chi connectivity index (χ1v) is 5.22. The fraction of sp³-hybridized carbons (Fsp3) is 0.385. The lowest BCUT2D eigenvalue weighted by Crippen LogP contribution is -2.17. The Bertz CT molecular complexity index is 378. The number of benzene rings is 1. The smallest absolute Gasteiger partial charge is 0.133 e. The Morgan fingerprint density at radius 2 is 2.00 bits per heavy atom. The maximum absolute atomic E-state index is 13.2. The van der Waals surface area contributed by atoms with Crippen molar-refractivity contribution in [3.63, 3.8) is 0 Å². The normalized spacial score (nSPS) is 12.3. The van der Waals surface area contributed by atoms with E-state index < -0.39 is 17.2 Å². The van der Waals surface area contributed by atoms with E-state index in [0.717, 1.165) is 6.07 Å². The number of hydrogen-bond acceptors (Lipinski definition) is 1. The van der Waals surface area contributed by atoms with Gasteiger partial charge in [-0.2, -0.15) is 0 Å². The molecule has 0 saturated heterocycles. The first-order chi connectivity index (χ1) is 7.38. The number of halogens is 2. The molecule has 0 bridgehead atoms. The quantitative estimate of drug-likeness (QED) is 0.832. The minimum absolute atomic E-state index is 0.358. The molecule has 16 heavy (non-hydrogen) atoms. The SMILES string of the molecule is CC(C)(O)CC/C=C/c1ccc(F)cc1F. The van der Waals surface area contributed by atoms with Gasteiger partial charge in [-0.1, -0.05) is 12.2 Å². The Morgan fingerprint density at radius 1 is 1.31 bits per heavy atom. The second kappa shape index (κ2) is 5.21. The van der Waals surface area contributed by atoms with Crippen molar-refractivity contribution in [3.8, 4) is 0 Å². The fourth-order valence-electron chi connectivity index (χ4n) is 1.28. The Balaban J connectivity index is 2.57. The molecule has 1 nitrogen and oxygen atoms in total. The maximum Gasteiger partial charge on any atom is 0.133 e. The summed E-state index contributed by atoms with van der Waals surface area (Å²) in [5.41, 5.74) is -0.358. The first-order valence-electron chi connectivity index (χ1n) is 5.22. The van der Waals surface area contributed by atoms with Gasteiger partial charge in [0.1, 0.15) is 11.6 Å². The van der Waals surface area contributed by atoms with E-state index in [1.165, 1.54) is 12.1 Å². The largest absolute Gasteiger partial charge is 0.390 e. The summed E-state index contributed by atoms with van der Waals surface area (Å²) in [6.45, 7) is 3.44. The Hall–Kier alpha value is -1.22. The molecule has 0 aromatic heterocycles. The van der Waals surface area contributed by atoms with Gasteiger partial charge in [-0.15, -0.1) is 0 Å². The van der Waals surface area contributed by atoms with Gasteiger partial charge < -0.3 is 5.11 Å². The third-order valence-electron chi connectivity index (χ3n) is 2.18. The molecule has 1 rings (SSSR count). The molecule has 0 aliphatic rings. The van der Waals surface area contributed by atoms with Crippen LogP contribution < -0.4 is 0 Å². The molecule has 0 atom stereocenters. The van der Waals surface area contributed by atoms with Gasteiger partial charge in [-0.3, -0.25) is 0 Å². The number of allylic oxidation sites excluding steroid dienone is 1. The molecule has 1 aromatic rings. The van der Waals surface area contributed by atoms with Crippen LogP contribution in [-0.4, -0.2) is 10.7 Å². The van der Waals surface area contributed by atoms with Gasteiger partial charge in [-0.25, -0.2) is 8.78 Å². The summed E-state index contributed by atoms with van der Waals surface area (Å²) >= 11 is 0. The molecule has 0 saturated carbocycles. The predicted molar refractivity (Wildman–Crippen MR) is 60.9 cm³/mol. The molecule has 1 aromatic carbocycles. The zero-order valence-electron chi connectivity index (χ0n) is 9.50. The van der Waals surface area contributed by atoms with Crippen molar-refractivity contribution in [2.45, 2.75) is 32.3 Å². The van der Waals surface area contributed by atoms with Gasteiger partial charge in [-0.05, 0) is 38.8 Å². The van der Waals surface area contributed by atoms with Gasteiger partial charge in [0.05, 0.1) is 5.60 Å². The van der Waals surface area contributed by atoms with E-state index in [1.807, 2.05) is 0 Å². The third kappa shape index (κ3) is 4.53. The van der Waals surface area contributed by atoms with E-state index in [-0.39, 0.29) is 0 Å². The van der Waals surface area contributed by atoms with Crippen LogP contribution in [0.1, 0.15) is 32.3 Å². The summed E-state index contributed by atoms with van der Waals surface area (Å²) in [7, 11) is 0. The highest BCUT2D eigenvalue weighted by Crippen LogP contribution is 2.14. The average Bonchev–Trinajstić information content (AvgIpc) is 2.13. The van der Waals surface area contributed by atoms with Crippen molar-refractivity contribution in [2.75, 3.05) is 0 Å². The lowest BCUT2D eigenvalue weighted by atomic mass is 10.0. The monoisotopic (exact) mass is 226 g/mol. The van der Waals surface area contributed by atoms with E-state index in [0.29, 0.717) is 18.4 Å². The molecule has 0 unspecified atom stereocenters. The van der Waals surface area contributed by atoms with Gasteiger partial charge in [0.25, 0.3) is 0 Å². The van der Waals surface area contributed by atoms with Crippen molar-refractivity contribution in [1.29, 1.82) is 0 Å². The van der Waals surface area contributed by atoms with Gasteiger partial charge in [0.2, 0.25) is 0 Å². The highest BCUT2D eigenvalue weighted by Gasteiger charge is 2.09. The Labute approximate surface area is 94.4 Å². The van der Waals surface area contributed by atoms with Crippen molar-refractivity contribution < 1.29 is 13.9 Å². The molecule has 0 fully saturated rings. The molecule has 88 valence electrons. The zero-order chi connectivity index (χ0) is 12.2. The van der Waals surface area contributed by atoms with E-state index in [1.54, 1.807) is 26.0 Å². The van der Waals surface area contributed by atoms with E-state index in [2.05, 4.69) is 0 Å². The molecular weight excluding hydrogens is 210 g/mol. The summed E-state index contributed by atoms with van der Waals surface area (Å²) in [4.78, 5) is 0. The second-order valence-electron chi connectivity index (χ2n) is 4.42. The zero-order valence-corrected chi connectivity index (χ0v) is 9.50. The maximum atomic E-state index is 13.2. The van der Waals surface area contributed by atoms with Crippen LogP contribution in [0.15, 0.2) is 24.3 Å². The summed E-state index contributed by atoms with van der Waals surface area (Å²) in [5.74, 6) is -1.15. The number of aliphatic hydroxyl groups is 1. The van der Waals surface area contributed by atoms with Crippen LogP contribution >= 0.6 is 0 Å². The molecule has 3 heteroatoms. The standard InChI is InChI=1S/C13H16F2O/c1-13(2,16)8-4-3-5-10-6-7-11(14)9-12(10)15/h3,5-7,9,16H,4,8H2,1-2H3/b5-3+. The highest BCUT2D eigenvalue weighted by molar-refractivity contribution is 5.49. The van der Waals surface area contributed by atoms with Crippen LogP contribution in [0.5, 0.6) is 0 Å². The predicted octanol–water partition coefficient (Wildman–Crippen LogP) is 3.53. The lowest BCUT2D eigenvalue weighted by molar-refractivity contribution is 0.0722. The van der Waals surface area contributed by atoms with Crippen molar-refractivity contribution in [1.82, 2.24) is 0 Å². The third-order valence-corrected chi connectivity index (χ3v) is 2.18. The molecule has 0 spiro atoms. The van der Waals surface area contributed by atoms with Crippen LogP contribution in [0, 0.1) is 11.6 Å². The van der Waals surface area contributed by atoms with Crippen molar-refractivity contribution in [3.05, 3.63) is 41.5 Å². The van der Waals surface area contributed by atoms with Crippen LogP contribution in [0.2, 0.25) is 0 Å². The van der Waals surface area contributed by atoms with E-state index in [9.17, 15) is 13.9 Å². The highest BCUT2D eigenvalue weighted by atomic mass is 19.1. The molecule has 0 radical (unpaired) electrons. The second-order valence-corrected chi connectivity index (χ2v) is 4.42. The molecule has 0 aliphatic carbocycles. The lowest BCUT2D eigenvalue weighted by Gasteiger charge is -2.14. The minimum atomic E-state index is -0.717. The Kier molecular flexibility index (Phi) is 4.19. The number of hydrogen-bond donors (Lipinski definition) is 1. The fourth-order valence-corrected chi connectivity index (χ4v) is 1.28. The summed E-state index contributed by atoms with van der Waals surface area (Å²) in [6.07, 6.45) is 4.63. The summed E-state index contributed by atoms with van der Waals surface area (Å²) in [6, 6.07) is 3.47. The summed E-state index contributed by atoms with van der Waals surface area (Å²) in [5, 5.41) is 9.45. The average molecular weight is 226 g/mol. The van der Waals surface area contributed by atoms with Gasteiger partial charge in [0, 0.05) is 11.6 Å². The van der Waals surface area contributed by atoms with Crippen LogP contribution in [0.4, 0.5) is 8.78 Å². The molecule has 0 amide bonds. The minimum Gasteiger partial charge on any atom is -0.390 e. The Morgan fingerprint density at radius 3 is 2.56 bits per heavy atom. The van der Waals surface area contributed by atoms with Gasteiger partial charge in [0.15, 0.2) is 0 Å². The molecule has 0 aliphatic heterocycles. The van der Waals surface area contributed by atoms with E-state index in [4.69, 9.17) is 0 Å².